The summed E-state index contributed by atoms with van der Waals surface area (Å²) < 4.78 is 25.2. The number of carbonyl (C=O) groups is 2. The van der Waals surface area contributed by atoms with Crippen molar-refractivity contribution in [3.63, 3.8) is 0 Å². The molecule has 1 rings (SSSR count). The number of anilines is 1. The summed E-state index contributed by atoms with van der Waals surface area (Å²) >= 11 is 1.84. The minimum atomic E-state index is -1.34. The number of hydrogen-bond donors (Lipinski definition) is 4. The van der Waals surface area contributed by atoms with Crippen molar-refractivity contribution in [2.24, 2.45) is 5.73 Å². The van der Waals surface area contributed by atoms with E-state index in [0.717, 1.165) is 0 Å². The molecule has 2 amide bonds. The summed E-state index contributed by atoms with van der Waals surface area (Å²) in [5, 5.41) is 13.7. The molecule has 0 radical (unpaired) electrons. The van der Waals surface area contributed by atoms with E-state index in [2.05, 4.69) is 10.6 Å². The Morgan fingerprint density at radius 1 is 1.35 bits per heavy atom. The maximum absolute atomic E-state index is 14.7. The largest absolute Gasteiger partial charge is 0.492 e. The average Bonchev–Trinajstić information content (AvgIpc) is 2.52. The zero-order chi connectivity index (χ0) is 17.7. The molecular weight excluding hydrogens is 424 g/mol. The molecule has 10 heteroatoms. The van der Waals surface area contributed by atoms with Crippen molar-refractivity contribution in [1.82, 2.24) is 5.32 Å². The number of halogens is 2. The van der Waals surface area contributed by atoms with Crippen LogP contribution >= 0.6 is 22.6 Å². The van der Waals surface area contributed by atoms with Crippen LogP contribution in [0.2, 0.25) is 0 Å². The molecule has 128 valence electrons. The van der Waals surface area contributed by atoms with Gasteiger partial charge in [0.05, 0.1) is 23.5 Å². The molecule has 0 saturated heterocycles. The Hall–Kier alpha value is -1.82. The van der Waals surface area contributed by atoms with Gasteiger partial charge in [-0.05, 0) is 22.6 Å². The maximum Gasteiger partial charge on any atom is 0.320 e. The van der Waals surface area contributed by atoms with E-state index in [-0.39, 0.29) is 29.2 Å². The van der Waals surface area contributed by atoms with Gasteiger partial charge < -0.3 is 30.9 Å². The number of amides is 2. The number of methoxy groups -OCH3 is 2. The van der Waals surface area contributed by atoms with Gasteiger partial charge in [0, 0.05) is 19.0 Å². The zero-order valence-electron chi connectivity index (χ0n) is 12.7. The number of urea groups is 1. The van der Waals surface area contributed by atoms with E-state index in [1.807, 2.05) is 22.6 Å². The number of rotatable bonds is 6. The summed E-state index contributed by atoms with van der Waals surface area (Å²) in [5.41, 5.74) is 5.49. The molecule has 8 nitrogen and oxygen atoms in total. The lowest BCUT2D eigenvalue weighted by Crippen LogP contribution is -2.34. The van der Waals surface area contributed by atoms with Crippen LogP contribution < -0.4 is 25.8 Å². The third kappa shape index (κ3) is 4.13. The van der Waals surface area contributed by atoms with Crippen LogP contribution in [0.4, 0.5) is 14.9 Å². The van der Waals surface area contributed by atoms with Gasteiger partial charge in [0.2, 0.25) is 0 Å². The fourth-order valence-electron chi connectivity index (χ4n) is 1.86. The van der Waals surface area contributed by atoms with Crippen molar-refractivity contribution < 1.29 is 28.6 Å². The highest BCUT2D eigenvalue weighted by Crippen LogP contribution is 2.43. The first-order chi connectivity index (χ1) is 10.8. The lowest BCUT2D eigenvalue weighted by molar-refractivity contribution is -0.138. The lowest BCUT2D eigenvalue weighted by atomic mass is 10.0. The predicted molar refractivity (Wildman–Crippen MR) is 89.6 cm³/mol. The normalized spacial score (nSPS) is 11.6. The molecule has 1 atom stereocenters. The molecule has 0 spiro atoms. The molecule has 0 fully saturated rings. The number of benzene rings is 1. The fraction of sp³-hybridized carbons (Fsp3) is 0.385. The van der Waals surface area contributed by atoms with E-state index >= 15 is 0 Å². The standard InChI is InChI=1S/C13H17FIN3O5/c1-17-13(21)18-9-5(4-6(16)12(19)20)7(14)10(22-2)11(23-3)8(9)15/h6H,4,16H2,1-3H3,(H,19,20)(H2,17,18,21). The van der Waals surface area contributed by atoms with Gasteiger partial charge in [-0.2, -0.15) is 0 Å². The second-order valence-corrected chi connectivity index (χ2v) is 5.48. The monoisotopic (exact) mass is 441 g/mol. The molecule has 0 aliphatic rings. The topological polar surface area (TPSA) is 123 Å². The first kappa shape index (κ1) is 19.2. The van der Waals surface area contributed by atoms with Crippen LogP contribution in [0.15, 0.2) is 0 Å². The van der Waals surface area contributed by atoms with Crippen molar-refractivity contribution in [3.8, 4) is 11.5 Å². The highest BCUT2D eigenvalue weighted by atomic mass is 127. The Bertz CT molecular complexity index is 626. The minimum Gasteiger partial charge on any atom is -0.492 e. The van der Waals surface area contributed by atoms with Crippen molar-refractivity contribution in [3.05, 3.63) is 15.0 Å². The Morgan fingerprint density at radius 3 is 2.35 bits per heavy atom. The lowest BCUT2D eigenvalue weighted by Gasteiger charge is -2.20. The predicted octanol–water partition coefficient (Wildman–Crippen LogP) is 1.15. The van der Waals surface area contributed by atoms with E-state index in [9.17, 15) is 14.0 Å². The smallest absolute Gasteiger partial charge is 0.320 e. The fourth-order valence-corrected chi connectivity index (χ4v) is 2.79. The molecule has 0 heterocycles. The number of nitrogens with one attached hydrogen (secondary N) is 2. The van der Waals surface area contributed by atoms with E-state index < -0.39 is 23.9 Å². The Balaban J connectivity index is 3.57. The van der Waals surface area contributed by atoms with E-state index in [1.165, 1.54) is 21.3 Å². The number of aliphatic carboxylic acids is 1. The average molecular weight is 441 g/mol. The molecule has 0 saturated carbocycles. The van der Waals surface area contributed by atoms with Crippen LogP contribution in [0.5, 0.6) is 11.5 Å². The summed E-state index contributed by atoms with van der Waals surface area (Å²) in [5.74, 6) is -2.23. The van der Waals surface area contributed by atoms with Crippen molar-refractivity contribution in [2.45, 2.75) is 12.5 Å². The molecule has 5 N–H and O–H groups in total. The highest BCUT2D eigenvalue weighted by molar-refractivity contribution is 14.1. The maximum atomic E-state index is 14.7. The van der Waals surface area contributed by atoms with Crippen molar-refractivity contribution in [1.29, 1.82) is 0 Å². The van der Waals surface area contributed by atoms with Gasteiger partial charge in [-0.3, -0.25) is 4.79 Å². The van der Waals surface area contributed by atoms with Crippen LogP contribution in [0, 0.1) is 9.39 Å². The summed E-state index contributed by atoms with van der Waals surface area (Å²) in [4.78, 5) is 22.6. The first-order valence-electron chi connectivity index (χ1n) is 6.37. The number of ether oxygens (including phenoxy) is 2. The molecule has 1 aromatic rings. The molecule has 0 aromatic heterocycles. The van der Waals surface area contributed by atoms with E-state index in [1.54, 1.807) is 0 Å². The SMILES string of the molecule is CNC(=O)Nc1c(I)c(OC)c(OC)c(F)c1CC(N)C(=O)O. The second-order valence-electron chi connectivity index (χ2n) is 4.40. The quantitative estimate of drug-likeness (QED) is 0.492. The molecule has 0 bridgehead atoms. The molecule has 0 aliphatic carbocycles. The van der Waals surface area contributed by atoms with Gasteiger partial charge >= 0.3 is 12.0 Å². The van der Waals surface area contributed by atoms with Crippen LogP contribution in [0.1, 0.15) is 5.56 Å². The summed E-state index contributed by atoms with van der Waals surface area (Å²) in [6, 6.07) is -1.94. The summed E-state index contributed by atoms with van der Waals surface area (Å²) in [6.07, 6.45) is -0.336. The van der Waals surface area contributed by atoms with Crippen LogP contribution in [-0.2, 0) is 11.2 Å². The third-order valence-electron chi connectivity index (χ3n) is 3.01. The second kappa shape index (κ2) is 8.15. The van der Waals surface area contributed by atoms with Gasteiger partial charge in [-0.15, -0.1) is 0 Å². The first-order valence-corrected chi connectivity index (χ1v) is 7.45. The van der Waals surface area contributed by atoms with Crippen LogP contribution in [0.3, 0.4) is 0 Å². The van der Waals surface area contributed by atoms with E-state index in [0.29, 0.717) is 3.57 Å². The number of carboxylic acids is 1. The summed E-state index contributed by atoms with van der Waals surface area (Å²) in [6.45, 7) is 0. The highest BCUT2D eigenvalue weighted by Gasteiger charge is 2.28. The van der Waals surface area contributed by atoms with Gasteiger partial charge in [-0.1, -0.05) is 0 Å². The molecule has 1 unspecified atom stereocenters. The summed E-state index contributed by atoms with van der Waals surface area (Å²) in [7, 11) is 3.97. The Labute approximate surface area is 145 Å². The van der Waals surface area contributed by atoms with Crippen LogP contribution in [-0.4, -0.2) is 44.4 Å². The third-order valence-corrected chi connectivity index (χ3v) is 4.04. The molecule has 0 aliphatic heterocycles. The molecular formula is C13H17FIN3O5. The number of carboxylic acid groups (broad SMARTS) is 1. The molecule has 23 heavy (non-hydrogen) atoms. The zero-order valence-corrected chi connectivity index (χ0v) is 14.9. The Morgan fingerprint density at radius 2 is 1.91 bits per heavy atom. The molecule has 1 aromatic carbocycles. The number of carbonyl (C=O) groups excluding carboxylic acids is 1. The Kier molecular flexibility index (Phi) is 6.81. The van der Waals surface area contributed by atoms with E-state index in [4.69, 9.17) is 20.3 Å². The number of nitrogens with two attached hydrogens (primary N) is 1. The van der Waals surface area contributed by atoms with Crippen LogP contribution in [0.25, 0.3) is 0 Å². The van der Waals surface area contributed by atoms with Gasteiger partial charge in [-0.25, -0.2) is 9.18 Å². The van der Waals surface area contributed by atoms with Crippen molar-refractivity contribution in [2.75, 3.05) is 26.6 Å². The van der Waals surface area contributed by atoms with Crippen molar-refractivity contribution >= 4 is 40.3 Å². The van der Waals surface area contributed by atoms with Gasteiger partial charge in [0.1, 0.15) is 6.04 Å². The van der Waals surface area contributed by atoms with Gasteiger partial charge in [0.15, 0.2) is 17.3 Å². The van der Waals surface area contributed by atoms with Gasteiger partial charge in [0.25, 0.3) is 0 Å². The minimum absolute atomic E-state index is 0.0782. The number of hydrogen-bond acceptors (Lipinski definition) is 5.